The lowest BCUT2D eigenvalue weighted by Crippen LogP contribution is -2.34. The molecule has 3 heterocycles. The van der Waals surface area contributed by atoms with Crippen LogP contribution in [0.3, 0.4) is 0 Å². The lowest BCUT2D eigenvalue weighted by Gasteiger charge is -2.32. The lowest BCUT2D eigenvalue weighted by molar-refractivity contribution is 0.0600. The number of ether oxygens (including phenoxy) is 1. The van der Waals surface area contributed by atoms with E-state index in [9.17, 15) is 9.18 Å². The van der Waals surface area contributed by atoms with Crippen molar-refractivity contribution in [1.29, 1.82) is 0 Å². The highest BCUT2D eigenvalue weighted by atomic mass is 19.1. The molecular formula is C26H25FN4O3. The SMILES string of the molecule is CCc1cnc(N2CCC(c3ccc4oc(-c5ccc(C(=O)OC)cc5F)nc4c3)CC2)nc1. The molecule has 4 aromatic rings. The van der Waals surface area contributed by atoms with Crippen molar-refractivity contribution in [2.24, 2.45) is 0 Å². The van der Waals surface area contributed by atoms with Gasteiger partial charge < -0.3 is 14.1 Å². The molecule has 0 radical (unpaired) electrons. The van der Waals surface area contributed by atoms with Crippen LogP contribution in [0.1, 0.15) is 47.2 Å². The second-order valence-electron chi connectivity index (χ2n) is 8.44. The third kappa shape index (κ3) is 4.23. The van der Waals surface area contributed by atoms with Crippen LogP contribution in [0.4, 0.5) is 10.3 Å². The summed E-state index contributed by atoms with van der Waals surface area (Å²) in [6.07, 6.45) is 6.70. The van der Waals surface area contributed by atoms with Crippen LogP contribution >= 0.6 is 0 Å². The maximum atomic E-state index is 14.6. The van der Waals surface area contributed by atoms with Gasteiger partial charge in [-0.2, -0.15) is 0 Å². The van der Waals surface area contributed by atoms with Gasteiger partial charge >= 0.3 is 5.97 Å². The Balaban J connectivity index is 1.32. The van der Waals surface area contributed by atoms with Gasteiger partial charge in [-0.25, -0.2) is 24.1 Å². The Morgan fingerprint density at radius 1 is 1.15 bits per heavy atom. The van der Waals surface area contributed by atoms with E-state index in [1.807, 2.05) is 24.5 Å². The zero-order valence-electron chi connectivity index (χ0n) is 19.1. The predicted octanol–water partition coefficient (Wildman–Crippen LogP) is 5.16. The minimum absolute atomic E-state index is 0.139. The maximum Gasteiger partial charge on any atom is 0.337 e. The van der Waals surface area contributed by atoms with Crippen LogP contribution in [0.5, 0.6) is 0 Å². The Hall–Kier alpha value is -3.81. The summed E-state index contributed by atoms with van der Waals surface area (Å²) in [6, 6.07) is 10.1. The van der Waals surface area contributed by atoms with Crippen LogP contribution in [-0.4, -0.2) is 41.1 Å². The van der Waals surface area contributed by atoms with Crippen molar-refractivity contribution < 1.29 is 18.3 Å². The number of nitrogens with zero attached hydrogens (tertiary/aromatic N) is 4. The fourth-order valence-electron chi connectivity index (χ4n) is 4.35. The van der Waals surface area contributed by atoms with Crippen molar-refractivity contribution in [2.45, 2.75) is 32.1 Å². The number of methoxy groups -OCH3 is 1. The molecule has 34 heavy (non-hydrogen) atoms. The number of halogens is 1. The quantitative estimate of drug-likeness (QED) is 0.381. The van der Waals surface area contributed by atoms with Crippen LogP contribution in [0, 0.1) is 5.82 Å². The Bertz CT molecular complexity index is 1330. The van der Waals surface area contributed by atoms with Gasteiger partial charge in [0.05, 0.1) is 18.2 Å². The average Bonchev–Trinajstić information content (AvgIpc) is 3.31. The Morgan fingerprint density at radius 2 is 1.91 bits per heavy atom. The van der Waals surface area contributed by atoms with E-state index in [1.165, 1.54) is 24.8 Å². The number of carbonyl (C=O) groups excluding carboxylic acids is 1. The number of anilines is 1. The molecule has 5 rings (SSSR count). The molecule has 0 unspecified atom stereocenters. The Kier molecular flexibility index (Phi) is 5.96. The van der Waals surface area contributed by atoms with Crippen molar-refractivity contribution in [3.8, 4) is 11.5 Å². The van der Waals surface area contributed by atoms with E-state index < -0.39 is 11.8 Å². The fourth-order valence-corrected chi connectivity index (χ4v) is 4.35. The lowest BCUT2D eigenvalue weighted by atomic mass is 9.89. The van der Waals surface area contributed by atoms with Crippen molar-refractivity contribution in [2.75, 3.05) is 25.1 Å². The van der Waals surface area contributed by atoms with Gasteiger partial charge in [0.1, 0.15) is 11.3 Å². The average molecular weight is 461 g/mol. The van der Waals surface area contributed by atoms with Gasteiger partial charge in [-0.1, -0.05) is 13.0 Å². The zero-order valence-corrected chi connectivity index (χ0v) is 19.1. The van der Waals surface area contributed by atoms with Crippen LogP contribution < -0.4 is 4.90 Å². The number of piperidine rings is 1. The van der Waals surface area contributed by atoms with Gasteiger partial charge in [0, 0.05) is 25.5 Å². The first kappa shape index (κ1) is 22.0. The molecule has 0 spiro atoms. The molecule has 2 aromatic carbocycles. The minimum atomic E-state index is -0.594. The van der Waals surface area contributed by atoms with Crippen molar-refractivity contribution >= 4 is 23.0 Å². The molecule has 0 bridgehead atoms. The van der Waals surface area contributed by atoms with Crippen LogP contribution in [-0.2, 0) is 11.2 Å². The summed E-state index contributed by atoms with van der Waals surface area (Å²) in [5, 5.41) is 0. The Morgan fingerprint density at radius 3 is 2.59 bits per heavy atom. The number of benzene rings is 2. The van der Waals surface area contributed by atoms with E-state index >= 15 is 0 Å². The largest absolute Gasteiger partial charge is 0.465 e. The second-order valence-corrected chi connectivity index (χ2v) is 8.44. The number of aromatic nitrogens is 3. The van der Waals surface area contributed by atoms with Crippen LogP contribution in [0.15, 0.2) is 53.2 Å². The molecule has 0 aliphatic carbocycles. The van der Waals surface area contributed by atoms with Crippen molar-refractivity contribution in [1.82, 2.24) is 15.0 Å². The standard InChI is InChI=1S/C26H25FN4O3/c1-3-16-14-28-26(29-15-16)31-10-8-17(9-11-31)18-5-7-23-22(13-18)30-24(34-23)20-6-4-19(12-21(20)27)25(32)33-2/h4-7,12-15,17H,3,8-11H2,1-2H3. The van der Waals surface area contributed by atoms with Gasteiger partial charge in [-0.05, 0) is 66.6 Å². The number of hydrogen-bond acceptors (Lipinski definition) is 7. The highest BCUT2D eigenvalue weighted by molar-refractivity contribution is 5.90. The molecule has 0 N–H and O–H groups in total. The topological polar surface area (TPSA) is 81.4 Å². The summed E-state index contributed by atoms with van der Waals surface area (Å²) in [4.78, 5) is 27.4. The smallest absolute Gasteiger partial charge is 0.337 e. The normalized spacial score (nSPS) is 14.5. The van der Waals surface area contributed by atoms with E-state index in [1.54, 1.807) is 0 Å². The third-order valence-electron chi connectivity index (χ3n) is 6.38. The molecule has 1 aliphatic heterocycles. The van der Waals surface area contributed by atoms with E-state index in [4.69, 9.17) is 4.42 Å². The summed E-state index contributed by atoms with van der Waals surface area (Å²) in [5.74, 6) is 0.183. The van der Waals surface area contributed by atoms with E-state index in [2.05, 4.69) is 37.6 Å². The van der Waals surface area contributed by atoms with Crippen LogP contribution in [0.2, 0.25) is 0 Å². The number of aryl methyl sites for hydroxylation is 1. The number of esters is 1. The summed E-state index contributed by atoms with van der Waals surface area (Å²) in [7, 11) is 1.26. The first-order valence-electron chi connectivity index (χ1n) is 11.4. The highest BCUT2D eigenvalue weighted by Gasteiger charge is 2.23. The van der Waals surface area contributed by atoms with Gasteiger partial charge in [-0.3, -0.25) is 0 Å². The third-order valence-corrected chi connectivity index (χ3v) is 6.38. The number of carbonyl (C=O) groups is 1. The van der Waals surface area contributed by atoms with Crippen molar-refractivity contribution in [3.05, 3.63) is 71.3 Å². The second kappa shape index (κ2) is 9.21. The molecular weight excluding hydrogens is 435 g/mol. The van der Waals surface area contributed by atoms with Gasteiger partial charge in [-0.15, -0.1) is 0 Å². The molecule has 1 saturated heterocycles. The summed E-state index contributed by atoms with van der Waals surface area (Å²) in [5.41, 5.74) is 3.95. The van der Waals surface area contributed by atoms with Gasteiger partial charge in [0.15, 0.2) is 5.58 Å². The highest BCUT2D eigenvalue weighted by Crippen LogP contribution is 2.33. The molecule has 7 nitrogen and oxygen atoms in total. The number of fused-ring (bicyclic) bond motifs is 1. The number of rotatable bonds is 5. The maximum absolute atomic E-state index is 14.6. The van der Waals surface area contributed by atoms with Gasteiger partial charge in [0.2, 0.25) is 11.8 Å². The van der Waals surface area contributed by atoms with E-state index in [0.29, 0.717) is 17.0 Å². The Labute approximate surface area is 196 Å². The van der Waals surface area contributed by atoms with E-state index in [-0.39, 0.29) is 17.0 Å². The molecule has 1 fully saturated rings. The van der Waals surface area contributed by atoms with Gasteiger partial charge in [0.25, 0.3) is 0 Å². The molecule has 1 aliphatic rings. The zero-order chi connectivity index (χ0) is 23.7. The molecule has 0 amide bonds. The summed E-state index contributed by atoms with van der Waals surface area (Å²) in [6.45, 7) is 3.86. The number of hydrogen-bond donors (Lipinski definition) is 0. The number of oxazole rings is 1. The fraction of sp³-hybridized carbons (Fsp3) is 0.308. The molecule has 2 aromatic heterocycles. The molecule has 8 heteroatoms. The first-order valence-corrected chi connectivity index (χ1v) is 11.4. The predicted molar refractivity (Wildman–Crippen MR) is 126 cm³/mol. The summed E-state index contributed by atoms with van der Waals surface area (Å²) < 4.78 is 25.1. The first-order chi connectivity index (χ1) is 16.6. The molecule has 174 valence electrons. The van der Waals surface area contributed by atoms with E-state index in [0.717, 1.165) is 49.9 Å². The van der Waals surface area contributed by atoms with Crippen molar-refractivity contribution in [3.63, 3.8) is 0 Å². The molecule has 0 saturated carbocycles. The monoisotopic (exact) mass is 460 g/mol. The van der Waals surface area contributed by atoms with Crippen LogP contribution in [0.25, 0.3) is 22.6 Å². The molecule has 0 atom stereocenters. The summed E-state index contributed by atoms with van der Waals surface area (Å²) >= 11 is 0. The minimum Gasteiger partial charge on any atom is -0.465 e.